The van der Waals surface area contributed by atoms with Crippen molar-refractivity contribution in [1.29, 1.82) is 0 Å². The van der Waals surface area contributed by atoms with E-state index in [-0.39, 0.29) is 5.75 Å². The molecule has 0 atom stereocenters. The highest BCUT2D eigenvalue weighted by Gasteiger charge is 1.98. The molecule has 2 amide bonds. The first kappa shape index (κ1) is 10.5. The minimum absolute atomic E-state index is 0.0643. The fourth-order valence-corrected chi connectivity index (χ4v) is 1.14. The molecule has 1 aromatic carbocycles. The van der Waals surface area contributed by atoms with Gasteiger partial charge in [-0.3, -0.25) is 0 Å². The summed E-state index contributed by atoms with van der Waals surface area (Å²) < 4.78 is 0.759. The van der Waals surface area contributed by atoms with Crippen LogP contribution in [0.4, 0.5) is 4.79 Å². The van der Waals surface area contributed by atoms with Gasteiger partial charge in [-0.25, -0.2) is 10.2 Å². The van der Waals surface area contributed by atoms with Gasteiger partial charge < -0.3 is 10.8 Å². The Balaban J connectivity index is 2.76. The van der Waals surface area contributed by atoms with E-state index in [1.54, 1.807) is 12.1 Å². The lowest BCUT2D eigenvalue weighted by atomic mass is 10.2. The average Bonchev–Trinajstić information content (AvgIpc) is 2.08. The summed E-state index contributed by atoms with van der Waals surface area (Å²) in [5.41, 5.74) is 7.29. The molecule has 74 valence electrons. The number of rotatable bonds is 2. The number of hydrogen-bond donors (Lipinski definition) is 3. The highest BCUT2D eigenvalue weighted by Crippen LogP contribution is 2.20. The molecule has 0 radical (unpaired) electrons. The number of benzene rings is 1. The molecule has 14 heavy (non-hydrogen) atoms. The standard InChI is InChI=1S/C8H8BrN3O2/c9-6-2-1-5(7(13)3-6)4-11-12-8(10)14/h1-4,13H,(H3,10,12,14)/b11-4-. The first-order valence-corrected chi connectivity index (χ1v) is 4.46. The van der Waals surface area contributed by atoms with E-state index in [9.17, 15) is 9.90 Å². The zero-order valence-electron chi connectivity index (χ0n) is 7.07. The van der Waals surface area contributed by atoms with Crippen molar-refractivity contribution in [3.63, 3.8) is 0 Å². The zero-order chi connectivity index (χ0) is 10.6. The predicted molar refractivity (Wildman–Crippen MR) is 56.1 cm³/mol. The highest BCUT2D eigenvalue weighted by atomic mass is 79.9. The van der Waals surface area contributed by atoms with Crippen molar-refractivity contribution in [3.8, 4) is 5.75 Å². The molecule has 0 aliphatic heterocycles. The van der Waals surface area contributed by atoms with Gasteiger partial charge in [-0.05, 0) is 18.2 Å². The number of halogens is 1. The number of carbonyl (C=O) groups is 1. The normalized spacial score (nSPS) is 10.4. The van der Waals surface area contributed by atoms with Crippen molar-refractivity contribution < 1.29 is 9.90 Å². The summed E-state index contributed by atoms with van der Waals surface area (Å²) in [6.07, 6.45) is 1.30. The molecule has 6 heteroatoms. The number of primary amides is 1. The minimum atomic E-state index is -0.752. The monoisotopic (exact) mass is 257 g/mol. The van der Waals surface area contributed by atoms with Gasteiger partial charge in [0.15, 0.2) is 0 Å². The second kappa shape index (κ2) is 4.61. The van der Waals surface area contributed by atoms with Crippen LogP contribution in [-0.2, 0) is 0 Å². The van der Waals surface area contributed by atoms with Gasteiger partial charge in [0.2, 0.25) is 0 Å². The van der Waals surface area contributed by atoms with Gasteiger partial charge in [0.05, 0.1) is 6.21 Å². The first-order valence-electron chi connectivity index (χ1n) is 3.66. The van der Waals surface area contributed by atoms with Gasteiger partial charge in [0.1, 0.15) is 5.75 Å². The molecule has 0 unspecified atom stereocenters. The summed E-state index contributed by atoms with van der Waals surface area (Å²) in [6.45, 7) is 0. The lowest BCUT2D eigenvalue weighted by Gasteiger charge is -1.98. The number of hydrogen-bond acceptors (Lipinski definition) is 3. The van der Waals surface area contributed by atoms with Crippen molar-refractivity contribution in [2.45, 2.75) is 0 Å². The van der Waals surface area contributed by atoms with Crippen molar-refractivity contribution in [2.24, 2.45) is 10.8 Å². The molecular formula is C8H8BrN3O2. The quantitative estimate of drug-likeness (QED) is 0.549. The Hall–Kier alpha value is -1.56. The summed E-state index contributed by atoms with van der Waals surface area (Å²) in [6, 6.07) is 4.15. The van der Waals surface area contributed by atoms with Crippen LogP contribution >= 0.6 is 15.9 Å². The average molecular weight is 258 g/mol. The van der Waals surface area contributed by atoms with Crippen LogP contribution in [0, 0.1) is 0 Å². The zero-order valence-corrected chi connectivity index (χ0v) is 8.65. The molecule has 0 aliphatic rings. The summed E-state index contributed by atoms with van der Waals surface area (Å²) in [4.78, 5) is 10.3. The predicted octanol–water partition coefficient (Wildman–Crippen LogP) is 1.16. The molecule has 0 aliphatic carbocycles. The Labute approximate surface area is 88.7 Å². The van der Waals surface area contributed by atoms with Crippen LogP contribution in [0.3, 0.4) is 0 Å². The van der Waals surface area contributed by atoms with Crippen LogP contribution in [0.25, 0.3) is 0 Å². The maximum Gasteiger partial charge on any atom is 0.332 e. The van der Waals surface area contributed by atoms with Gasteiger partial charge in [-0.15, -0.1) is 0 Å². The van der Waals surface area contributed by atoms with Crippen LogP contribution in [0.15, 0.2) is 27.8 Å². The van der Waals surface area contributed by atoms with E-state index in [4.69, 9.17) is 5.73 Å². The molecule has 4 N–H and O–H groups in total. The summed E-state index contributed by atoms with van der Waals surface area (Å²) in [7, 11) is 0. The number of urea groups is 1. The number of nitrogens with two attached hydrogens (primary N) is 1. The minimum Gasteiger partial charge on any atom is -0.507 e. The fraction of sp³-hybridized carbons (Fsp3) is 0. The topological polar surface area (TPSA) is 87.7 Å². The van der Waals surface area contributed by atoms with E-state index in [1.807, 2.05) is 5.43 Å². The Bertz CT molecular complexity index is 379. The first-order chi connectivity index (χ1) is 6.59. The number of carbonyl (C=O) groups excluding carboxylic acids is 1. The lowest BCUT2D eigenvalue weighted by molar-refractivity contribution is 0.249. The Morgan fingerprint density at radius 1 is 1.64 bits per heavy atom. The molecule has 0 fully saturated rings. The van der Waals surface area contributed by atoms with Crippen molar-refractivity contribution in [1.82, 2.24) is 5.43 Å². The number of aromatic hydroxyl groups is 1. The Kier molecular flexibility index (Phi) is 3.47. The molecule has 0 saturated heterocycles. The lowest BCUT2D eigenvalue weighted by Crippen LogP contribution is -2.24. The molecule has 0 aromatic heterocycles. The molecule has 0 bridgehead atoms. The number of amides is 2. The van der Waals surface area contributed by atoms with Gasteiger partial charge in [0.25, 0.3) is 0 Å². The molecule has 0 heterocycles. The third kappa shape index (κ3) is 3.06. The van der Waals surface area contributed by atoms with Gasteiger partial charge >= 0.3 is 6.03 Å². The molecule has 0 spiro atoms. The molecular weight excluding hydrogens is 250 g/mol. The van der Waals surface area contributed by atoms with Crippen molar-refractivity contribution >= 4 is 28.2 Å². The molecule has 1 rings (SSSR count). The van der Waals surface area contributed by atoms with Crippen molar-refractivity contribution in [2.75, 3.05) is 0 Å². The number of phenols is 1. The second-order valence-corrected chi connectivity index (χ2v) is 3.35. The summed E-state index contributed by atoms with van der Waals surface area (Å²) >= 11 is 3.19. The number of phenolic OH excluding ortho intramolecular Hbond substituents is 1. The third-order valence-corrected chi connectivity index (χ3v) is 1.86. The van der Waals surface area contributed by atoms with E-state index in [0.29, 0.717) is 5.56 Å². The maximum atomic E-state index is 10.3. The summed E-state index contributed by atoms with van der Waals surface area (Å²) in [5, 5.41) is 12.9. The fourth-order valence-electron chi connectivity index (χ4n) is 0.791. The molecule has 0 saturated carbocycles. The van der Waals surface area contributed by atoms with Crippen LogP contribution in [0.2, 0.25) is 0 Å². The second-order valence-electron chi connectivity index (χ2n) is 2.44. The van der Waals surface area contributed by atoms with Gasteiger partial charge in [0, 0.05) is 10.0 Å². The smallest absolute Gasteiger partial charge is 0.332 e. The third-order valence-electron chi connectivity index (χ3n) is 1.37. The Morgan fingerprint density at radius 2 is 2.36 bits per heavy atom. The summed E-state index contributed by atoms with van der Waals surface area (Å²) in [5.74, 6) is 0.0643. The van der Waals surface area contributed by atoms with Crippen LogP contribution in [-0.4, -0.2) is 17.4 Å². The maximum absolute atomic E-state index is 10.3. The van der Waals surface area contributed by atoms with E-state index < -0.39 is 6.03 Å². The number of hydrazone groups is 1. The van der Waals surface area contributed by atoms with E-state index in [2.05, 4.69) is 21.0 Å². The van der Waals surface area contributed by atoms with Crippen LogP contribution in [0.5, 0.6) is 5.75 Å². The largest absolute Gasteiger partial charge is 0.507 e. The van der Waals surface area contributed by atoms with E-state index in [1.165, 1.54) is 12.3 Å². The van der Waals surface area contributed by atoms with Gasteiger partial charge in [-0.2, -0.15) is 5.10 Å². The van der Waals surface area contributed by atoms with E-state index in [0.717, 1.165) is 4.47 Å². The highest BCUT2D eigenvalue weighted by molar-refractivity contribution is 9.10. The van der Waals surface area contributed by atoms with Crippen molar-refractivity contribution in [3.05, 3.63) is 28.2 Å². The molecule has 1 aromatic rings. The number of nitrogens with zero attached hydrogens (tertiary/aromatic N) is 1. The van der Waals surface area contributed by atoms with Gasteiger partial charge in [-0.1, -0.05) is 15.9 Å². The Morgan fingerprint density at radius 3 is 2.93 bits per heavy atom. The van der Waals surface area contributed by atoms with Crippen LogP contribution in [0.1, 0.15) is 5.56 Å². The SMILES string of the molecule is NC(=O)N/N=C\c1ccc(Br)cc1O. The van der Waals surface area contributed by atoms with E-state index >= 15 is 0 Å². The number of nitrogens with one attached hydrogen (secondary N) is 1. The molecule has 5 nitrogen and oxygen atoms in total. The van der Waals surface area contributed by atoms with Crippen LogP contribution < -0.4 is 11.2 Å².